The highest BCUT2D eigenvalue weighted by Gasteiger charge is 2.23. The minimum absolute atomic E-state index is 0.0610. The molecule has 1 N–H and O–H groups in total. The molecular formula is C21H27N3O3. The lowest BCUT2D eigenvalue weighted by molar-refractivity contribution is -0.114. The number of carbonyl (C=O) groups excluding carboxylic acids is 2. The molecule has 0 radical (unpaired) electrons. The van der Waals surface area contributed by atoms with Gasteiger partial charge in [-0.2, -0.15) is 0 Å². The van der Waals surface area contributed by atoms with E-state index in [1.165, 1.54) is 12.5 Å². The molecule has 144 valence electrons. The molecule has 0 spiro atoms. The fourth-order valence-corrected chi connectivity index (χ4v) is 3.50. The lowest BCUT2D eigenvalue weighted by Gasteiger charge is -2.22. The van der Waals surface area contributed by atoms with Crippen LogP contribution in [0.5, 0.6) is 0 Å². The number of amides is 2. The van der Waals surface area contributed by atoms with Crippen molar-refractivity contribution in [2.24, 2.45) is 0 Å². The summed E-state index contributed by atoms with van der Waals surface area (Å²) in [6.07, 6.45) is 0.950. The molecule has 0 atom stereocenters. The SMILES string of the molecule is CC(=O)Nc1ccc(CN2CCCN(C(=O)c3cc(C)oc3C)CC2)cc1. The van der Waals surface area contributed by atoms with Crippen LogP contribution in [0.15, 0.2) is 34.7 Å². The first-order valence-corrected chi connectivity index (χ1v) is 9.37. The Balaban J connectivity index is 1.57. The Bertz CT molecular complexity index is 811. The molecule has 1 aliphatic heterocycles. The standard InChI is InChI=1S/C21H27N3O3/c1-15-13-20(16(2)27-15)21(26)24-10-4-9-23(11-12-24)14-18-5-7-19(8-6-18)22-17(3)25/h5-8,13H,4,9-12,14H2,1-3H3,(H,22,25). The number of benzene rings is 1. The average Bonchev–Trinajstić information content (AvgIpc) is 2.81. The maximum Gasteiger partial charge on any atom is 0.257 e. The van der Waals surface area contributed by atoms with Gasteiger partial charge >= 0.3 is 0 Å². The molecule has 6 heteroatoms. The molecule has 1 saturated heterocycles. The van der Waals surface area contributed by atoms with Crippen molar-refractivity contribution in [1.82, 2.24) is 9.80 Å². The van der Waals surface area contributed by atoms with E-state index in [1.54, 1.807) is 0 Å². The molecule has 1 fully saturated rings. The first-order chi connectivity index (χ1) is 12.9. The summed E-state index contributed by atoms with van der Waals surface area (Å²) in [4.78, 5) is 28.2. The lowest BCUT2D eigenvalue weighted by atomic mass is 10.2. The summed E-state index contributed by atoms with van der Waals surface area (Å²) < 4.78 is 5.51. The summed E-state index contributed by atoms with van der Waals surface area (Å²) >= 11 is 0. The van der Waals surface area contributed by atoms with Crippen LogP contribution in [0.4, 0.5) is 5.69 Å². The van der Waals surface area contributed by atoms with Gasteiger partial charge in [-0.15, -0.1) is 0 Å². The van der Waals surface area contributed by atoms with Crippen molar-refractivity contribution >= 4 is 17.5 Å². The monoisotopic (exact) mass is 369 g/mol. The number of anilines is 1. The van der Waals surface area contributed by atoms with E-state index in [0.29, 0.717) is 17.9 Å². The maximum atomic E-state index is 12.8. The third kappa shape index (κ3) is 4.98. The van der Waals surface area contributed by atoms with Gasteiger partial charge in [-0.1, -0.05) is 12.1 Å². The van der Waals surface area contributed by atoms with Gasteiger partial charge in [-0.05, 0) is 44.0 Å². The van der Waals surface area contributed by atoms with Crippen LogP contribution < -0.4 is 5.32 Å². The van der Waals surface area contributed by atoms with E-state index in [-0.39, 0.29) is 11.8 Å². The summed E-state index contributed by atoms with van der Waals surface area (Å²) in [5.41, 5.74) is 2.68. The van der Waals surface area contributed by atoms with E-state index in [4.69, 9.17) is 4.42 Å². The van der Waals surface area contributed by atoms with Crippen LogP contribution >= 0.6 is 0 Å². The third-order valence-corrected chi connectivity index (χ3v) is 4.83. The first-order valence-electron chi connectivity index (χ1n) is 9.37. The van der Waals surface area contributed by atoms with Gasteiger partial charge in [0.1, 0.15) is 11.5 Å². The van der Waals surface area contributed by atoms with Crippen molar-refractivity contribution in [1.29, 1.82) is 0 Å². The van der Waals surface area contributed by atoms with Crippen molar-refractivity contribution in [2.45, 2.75) is 33.7 Å². The smallest absolute Gasteiger partial charge is 0.257 e. The largest absolute Gasteiger partial charge is 0.466 e. The highest BCUT2D eigenvalue weighted by atomic mass is 16.3. The molecule has 0 saturated carbocycles. The molecule has 0 aliphatic carbocycles. The van der Waals surface area contributed by atoms with Crippen LogP contribution in [-0.4, -0.2) is 47.8 Å². The lowest BCUT2D eigenvalue weighted by Crippen LogP contribution is -2.35. The second-order valence-corrected chi connectivity index (χ2v) is 7.13. The molecule has 1 aliphatic rings. The normalized spacial score (nSPS) is 15.4. The number of hydrogen-bond acceptors (Lipinski definition) is 4. The van der Waals surface area contributed by atoms with E-state index in [1.807, 2.05) is 49.1 Å². The second-order valence-electron chi connectivity index (χ2n) is 7.13. The van der Waals surface area contributed by atoms with Gasteiger partial charge in [0.15, 0.2) is 0 Å². The van der Waals surface area contributed by atoms with Crippen molar-refractivity contribution in [2.75, 3.05) is 31.5 Å². The fraction of sp³-hybridized carbons (Fsp3) is 0.429. The molecular weight excluding hydrogens is 342 g/mol. The Labute approximate surface area is 160 Å². The van der Waals surface area contributed by atoms with E-state index in [9.17, 15) is 9.59 Å². The van der Waals surface area contributed by atoms with Crippen LogP contribution in [0.2, 0.25) is 0 Å². The van der Waals surface area contributed by atoms with Crippen LogP contribution in [-0.2, 0) is 11.3 Å². The quantitative estimate of drug-likeness (QED) is 0.899. The van der Waals surface area contributed by atoms with Gasteiger partial charge in [-0.25, -0.2) is 0 Å². The summed E-state index contributed by atoms with van der Waals surface area (Å²) in [5.74, 6) is 1.46. The number of nitrogens with one attached hydrogen (secondary N) is 1. The number of hydrogen-bond donors (Lipinski definition) is 1. The zero-order chi connectivity index (χ0) is 19.4. The van der Waals surface area contributed by atoms with Crippen LogP contribution in [0.25, 0.3) is 0 Å². The minimum atomic E-state index is -0.0666. The molecule has 6 nitrogen and oxygen atoms in total. The Morgan fingerprint density at radius 1 is 1.07 bits per heavy atom. The van der Waals surface area contributed by atoms with Crippen LogP contribution in [0.3, 0.4) is 0 Å². The van der Waals surface area contributed by atoms with E-state index in [0.717, 1.165) is 44.0 Å². The predicted molar refractivity (Wildman–Crippen MR) is 105 cm³/mol. The Kier molecular flexibility index (Phi) is 5.96. The van der Waals surface area contributed by atoms with Crippen molar-refractivity contribution < 1.29 is 14.0 Å². The molecule has 1 aromatic carbocycles. The topological polar surface area (TPSA) is 65.8 Å². The molecule has 0 unspecified atom stereocenters. The zero-order valence-electron chi connectivity index (χ0n) is 16.2. The van der Waals surface area contributed by atoms with E-state index >= 15 is 0 Å². The molecule has 3 rings (SSSR count). The van der Waals surface area contributed by atoms with Gasteiger partial charge < -0.3 is 14.6 Å². The molecule has 27 heavy (non-hydrogen) atoms. The van der Waals surface area contributed by atoms with Crippen molar-refractivity contribution in [3.8, 4) is 0 Å². The van der Waals surface area contributed by atoms with Gasteiger partial charge in [0, 0.05) is 45.3 Å². The average molecular weight is 369 g/mol. The first kappa shape index (κ1) is 19.2. The molecule has 1 aromatic heterocycles. The Morgan fingerprint density at radius 3 is 2.44 bits per heavy atom. The zero-order valence-corrected chi connectivity index (χ0v) is 16.2. The summed E-state index contributed by atoms with van der Waals surface area (Å²) in [6, 6.07) is 9.76. The molecule has 2 aromatic rings. The van der Waals surface area contributed by atoms with E-state index in [2.05, 4.69) is 10.2 Å². The van der Waals surface area contributed by atoms with Crippen LogP contribution in [0.1, 0.15) is 40.8 Å². The number of furan rings is 1. The van der Waals surface area contributed by atoms with Crippen molar-refractivity contribution in [3.63, 3.8) is 0 Å². The Hall–Kier alpha value is -2.60. The molecule has 2 amide bonds. The summed E-state index contributed by atoms with van der Waals surface area (Å²) in [6.45, 7) is 9.33. The predicted octanol–water partition coefficient (Wildman–Crippen LogP) is 3.20. The number of carbonyl (C=O) groups is 2. The number of aryl methyl sites for hydroxylation is 2. The maximum absolute atomic E-state index is 12.8. The Morgan fingerprint density at radius 2 is 1.81 bits per heavy atom. The fourth-order valence-electron chi connectivity index (χ4n) is 3.50. The highest BCUT2D eigenvalue weighted by molar-refractivity contribution is 5.95. The van der Waals surface area contributed by atoms with Gasteiger partial charge in [-0.3, -0.25) is 14.5 Å². The van der Waals surface area contributed by atoms with Crippen molar-refractivity contribution in [3.05, 3.63) is 53.0 Å². The van der Waals surface area contributed by atoms with Crippen LogP contribution in [0, 0.1) is 13.8 Å². The van der Waals surface area contributed by atoms with E-state index < -0.39 is 0 Å². The number of rotatable bonds is 4. The van der Waals surface area contributed by atoms with Gasteiger partial charge in [0.05, 0.1) is 5.56 Å². The third-order valence-electron chi connectivity index (χ3n) is 4.83. The summed E-state index contributed by atoms with van der Waals surface area (Å²) in [5, 5.41) is 2.78. The molecule has 0 bridgehead atoms. The minimum Gasteiger partial charge on any atom is -0.466 e. The molecule has 2 heterocycles. The second kappa shape index (κ2) is 8.39. The van der Waals surface area contributed by atoms with Gasteiger partial charge in [0.2, 0.25) is 5.91 Å². The van der Waals surface area contributed by atoms with Gasteiger partial charge in [0.25, 0.3) is 5.91 Å². The summed E-state index contributed by atoms with van der Waals surface area (Å²) in [7, 11) is 0. The number of nitrogens with zero attached hydrogens (tertiary/aromatic N) is 2. The highest BCUT2D eigenvalue weighted by Crippen LogP contribution is 2.18.